The molecule has 27 heavy (non-hydrogen) atoms. The highest BCUT2D eigenvalue weighted by Gasteiger charge is 2.15. The third kappa shape index (κ3) is 3.99. The van der Waals surface area contributed by atoms with Crippen LogP contribution in [-0.2, 0) is 4.79 Å². The average molecular weight is 374 g/mol. The van der Waals surface area contributed by atoms with E-state index < -0.39 is 6.10 Å². The van der Waals surface area contributed by atoms with Crippen LogP contribution in [0.3, 0.4) is 0 Å². The standard InChI is InChI=1S/C22H18N2O2S/c1-15(26-18-10-3-2-4-11-18)21(25)23-17-9-7-8-16(14-17)22-24-19-12-5-6-13-20(19)27-22/h2-15H,1H3,(H,23,25). The predicted octanol–water partition coefficient (Wildman–Crippen LogP) is 5.37. The van der Waals surface area contributed by atoms with E-state index in [1.807, 2.05) is 72.8 Å². The fourth-order valence-corrected chi connectivity index (χ4v) is 3.69. The van der Waals surface area contributed by atoms with Crippen LogP contribution in [0.25, 0.3) is 20.8 Å². The van der Waals surface area contributed by atoms with Crippen molar-refractivity contribution in [2.45, 2.75) is 13.0 Å². The number of nitrogens with one attached hydrogen (secondary N) is 1. The number of amides is 1. The minimum absolute atomic E-state index is 0.194. The van der Waals surface area contributed by atoms with Crippen LogP contribution in [0.2, 0.25) is 0 Å². The molecule has 4 nitrogen and oxygen atoms in total. The molecule has 0 aliphatic heterocycles. The maximum atomic E-state index is 12.5. The fraction of sp³-hybridized carbons (Fsp3) is 0.0909. The van der Waals surface area contributed by atoms with E-state index in [-0.39, 0.29) is 5.91 Å². The summed E-state index contributed by atoms with van der Waals surface area (Å²) >= 11 is 1.64. The molecule has 1 aromatic heterocycles. The van der Waals surface area contributed by atoms with Crippen LogP contribution in [0, 0.1) is 0 Å². The van der Waals surface area contributed by atoms with Crippen molar-refractivity contribution in [2.75, 3.05) is 5.32 Å². The summed E-state index contributed by atoms with van der Waals surface area (Å²) in [5, 5.41) is 3.85. The summed E-state index contributed by atoms with van der Waals surface area (Å²) in [5.74, 6) is 0.476. The highest BCUT2D eigenvalue weighted by atomic mass is 32.1. The maximum Gasteiger partial charge on any atom is 0.265 e. The lowest BCUT2D eigenvalue weighted by atomic mass is 10.2. The summed E-state index contributed by atoms with van der Waals surface area (Å²) in [5.41, 5.74) is 2.68. The van der Waals surface area contributed by atoms with E-state index in [9.17, 15) is 4.79 Å². The van der Waals surface area contributed by atoms with E-state index in [0.717, 1.165) is 26.5 Å². The Morgan fingerprint density at radius 2 is 1.78 bits per heavy atom. The second kappa shape index (κ2) is 7.60. The summed E-state index contributed by atoms with van der Waals surface area (Å²) < 4.78 is 6.83. The number of anilines is 1. The molecule has 134 valence electrons. The molecule has 0 saturated heterocycles. The molecule has 1 atom stereocenters. The summed E-state index contributed by atoms with van der Waals surface area (Å²) in [6.45, 7) is 1.74. The van der Waals surface area contributed by atoms with E-state index >= 15 is 0 Å². The Morgan fingerprint density at radius 3 is 2.59 bits per heavy atom. The van der Waals surface area contributed by atoms with Gasteiger partial charge in [-0.3, -0.25) is 4.79 Å². The van der Waals surface area contributed by atoms with Crippen LogP contribution in [-0.4, -0.2) is 17.0 Å². The molecule has 3 aromatic carbocycles. The number of carbonyl (C=O) groups excluding carboxylic acids is 1. The van der Waals surface area contributed by atoms with Gasteiger partial charge in [-0.05, 0) is 43.3 Å². The van der Waals surface area contributed by atoms with E-state index in [2.05, 4.69) is 16.4 Å². The zero-order chi connectivity index (χ0) is 18.6. The van der Waals surface area contributed by atoms with Gasteiger partial charge in [-0.15, -0.1) is 11.3 Å². The molecule has 4 aromatic rings. The molecule has 0 aliphatic carbocycles. The zero-order valence-electron chi connectivity index (χ0n) is 14.8. The Balaban J connectivity index is 1.49. The van der Waals surface area contributed by atoms with Gasteiger partial charge in [-0.1, -0.05) is 42.5 Å². The number of thiazole rings is 1. The molecule has 0 aliphatic rings. The first kappa shape index (κ1) is 17.2. The highest BCUT2D eigenvalue weighted by Crippen LogP contribution is 2.31. The van der Waals surface area contributed by atoms with Gasteiger partial charge in [0.2, 0.25) is 0 Å². The monoisotopic (exact) mass is 374 g/mol. The van der Waals surface area contributed by atoms with Crippen molar-refractivity contribution in [1.29, 1.82) is 0 Å². The van der Waals surface area contributed by atoms with E-state index in [1.54, 1.807) is 18.3 Å². The SMILES string of the molecule is CC(Oc1ccccc1)C(=O)Nc1cccc(-c2nc3ccccc3s2)c1. The van der Waals surface area contributed by atoms with Gasteiger partial charge in [-0.2, -0.15) is 0 Å². The van der Waals surface area contributed by atoms with E-state index in [0.29, 0.717) is 5.75 Å². The van der Waals surface area contributed by atoms with Gasteiger partial charge in [0.05, 0.1) is 10.2 Å². The summed E-state index contributed by atoms with van der Waals surface area (Å²) in [7, 11) is 0. The molecule has 0 fully saturated rings. The number of rotatable bonds is 5. The Morgan fingerprint density at radius 1 is 1.00 bits per heavy atom. The topological polar surface area (TPSA) is 51.2 Å². The molecular weight excluding hydrogens is 356 g/mol. The van der Waals surface area contributed by atoms with Crippen LogP contribution in [0.5, 0.6) is 5.75 Å². The minimum atomic E-state index is -0.599. The number of para-hydroxylation sites is 2. The Hall–Kier alpha value is -3.18. The van der Waals surface area contributed by atoms with Crippen molar-refractivity contribution in [2.24, 2.45) is 0 Å². The Kier molecular flexibility index (Phi) is 4.85. The number of ether oxygens (including phenoxy) is 1. The number of benzene rings is 3. The quantitative estimate of drug-likeness (QED) is 0.511. The normalized spacial score (nSPS) is 11.9. The number of carbonyl (C=O) groups is 1. The number of fused-ring (bicyclic) bond motifs is 1. The third-order valence-electron chi connectivity index (χ3n) is 4.10. The van der Waals surface area contributed by atoms with Crippen molar-refractivity contribution in [3.8, 4) is 16.3 Å². The molecule has 0 radical (unpaired) electrons. The lowest BCUT2D eigenvalue weighted by molar-refractivity contribution is -0.122. The molecule has 1 heterocycles. The molecule has 0 bridgehead atoms. The zero-order valence-corrected chi connectivity index (χ0v) is 15.6. The van der Waals surface area contributed by atoms with Crippen LogP contribution >= 0.6 is 11.3 Å². The van der Waals surface area contributed by atoms with Crippen LogP contribution in [0.15, 0.2) is 78.9 Å². The van der Waals surface area contributed by atoms with E-state index in [4.69, 9.17) is 4.74 Å². The Labute approximate surface area is 161 Å². The summed E-state index contributed by atoms with van der Waals surface area (Å²) in [4.78, 5) is 17.1. The van der Waals surface area contributed by atoms with Crippen LogP contribution in [0.4, 0.5) is 5.69 Å². The van der Waals surface area contributed by atoms with Crippen molar-refractivity contribution >= 4 is 33.1 Å². The van der Waals surface area contributed by atoms with Gasteiger partial charge in [0, 0.05) is 11.3 Å². The smallest absolute Gasteiger partial charge is 0.265 e. The third-order valence-corrected chi connectivity index (χ3v) is 5.18. The van der Waals surface area contributed by atoms with Gasteiger partial charge in [0.15, 0.2) is 6.10 Å². The van der Waals surface area contributed by atoms with Gasteiger partial charge >= 0.3 is 0 Å². The first-order chi connectivity index (χ1) is 13.2. The molecule has 1 amide bonds. The van der Waals surface area contributed by atoms with Crippen molar-refractivity contribution in [1.82, 2.24) is 4.98 Å². The second-order valence-corrected chi connectivity index (χ2v) is 7.16. The van der Waals surface area contributed by atoms with Gasteiger partial charge in [-0.25, -0.2) is 4.98 Å². The van der Waals surface area contributed by atoms with Gasteiger partial charge < -0.3 is 10.1 Å². The van der Waals surface area contributed by atoms with Gasteiger partial charge in [0.1, 0.15) is 10.8 Å². The van der Waals surface area contributed by atoms with Crippen molar-refractivity contribution in [3.63, 3.8) is 0 Å². The molecule has 4 rings (SSSR count). The second-order valence-electron chi connectivity index (χ2n) is 6.13. The number of aromatic nitrogens is 1. The number of nitrogens with zero attached hydrogens (tertiary/aromatic N) is 1. The largest absolute Gasteiger partial charge is 0.481 e. The highest BCUT2D eigenvalue weighted by molar-refractivity contribution is 7.21. The first-order valence-corrected chi connectivity index (χ1v) is 9.49. The minimum Gasteiger partial charge on any atom is -0.481 e. The average Bonchev–Trinajstić information content (AvgIpc) is 3.13. The molecule has 1 N–H and O–H groups in total. The predicted molar refractivity (Wildman–Crippen MR) is 110 cm³/mol. The first-order valence-electron chi connectivity index (χ1n) is 8.67. The van der Waals surface area contributed by atoms with E-state index in [1.165, 1.54) is 0 Å². The maximum absolute atomic E-state index is 12.5. The molecular formula is C22H18N2O2S. The molecule has 1 unspecified atom stereocenters. The lowest BCUT2D eigenvalue weighted by Gasteiger charge is -2.15. The van der Waals surface area contributed by atoms with Gasteiger partial charge in [0.25, 0.3) is 5.91 Å². The Bertz CT molecular complexity index is 1040. The molecule has 0 saturated carbocycles. The molecule has 0 spiro atoms. The van der Waals surface area contributed by atoms with Crippen molar-refractivity contribution < 1.29 is 9.53 Å². The number of hydrogen-bond acceptors (Lipinski definition) is 4. The number of hydrogen-bond donors (Lipinski definition) is 1. The summed E-state index contributed by atoms with van der Waals surface area (Å²) in [6.07, 6.45) is -0.599. The summed E-state index contributed by atoms with van der Waals surface area (Å²) in [6, 6.07) is 25.1. The van der Waals surface area contributed by atoms with Crippen LogP contribution < -0.4 is 10.1 Å². The fourth-order valence-electron chi connectivity index (χ4n) is 2.73. The van der Waals surface area contributed by atoms with Crippen LogP contribution in [0.1, 0.15) is 6.92 Å². The molecule has 5 heteroatoms. The van der Waals surface area contributed by atoms with Crippen molar-refractivity contribution in [3.05, 3.63) is 78.9 Å². The lowest BCUT2D eigenvalue weighted by Crippen LogP contribution is -2.30.